The van der Waals surface area contributed by atoms with Crippen molar-refractivity contribution in [1.29, 1.82) is 0 Å². The molecule has 88 heavy (non-hydrogen) atoms. The number of aliphatic hydroxyl groups excluding tert-OH is 1. The van der Waals surface area contributed by atoms with Gasteiger partial charge in [0, 0.05) is 25.7 Å². The first-order chi connectivity index (χ1) is 42.2. The number of ether oxygens (including phenoxy) is 4. The molecular weight excluding hydrogens is 1160 g/mol. The average molecular weight is 1300 g/mol. The Bertz CT molecular complexity index is 1750. The van der Waals surface area contributed by atoms with Crippen LogP contribution in [0.5, 0.6) is 0 Å². The van der Waals surface area contributed by atoms with Gasteiger partial charge in [-0.3, -0.25) is 37.3 Å². The molecular formula is C69H134O17P2. The summed E-state index contributed by atoms with van der Waals surface area (Å²) in [6, 6.07) is 0. The molecule has 0 aliphatic rings. The number of aliphatic hydroxyl groups is 1. The van der Waals surface area contributed by atoms with Crippen LogP contribution in [0.25, 0.3) is 0 Å². The van der Waals surface area contributed by atoms with Crippen molar-refractivity contribution in [3.8, 4) is 0 Å². The van der Waals surface area contributed by atoms with E-state index >= 15 is 0 Å². The lowest BCUT2D eigenvalue weighted by Crippen LogP contribution is -2.30. The molecule has 7 atom stereocenters. The minimum absolute atomic E-state index is 0.104. The second kappa shape index (κ2) is 58.8. The van der Waals surface area contributed by atoms with Crippen LogP contribution in [-0.2, 0) is 65.4 Å². The first kappa shape index (κ1) is 86.1. The Hall–Kier alpha value is -1.94. The molecule has 0 spiro atoms. The Labute approximate surface area is 537 Å². The number of phosphoric acid groups is 2. The molecule has 3 N–H and O–H groups in total. The van der Waals surface area contributed by atoms with Gasteiger partial charge in [-0.05, 0) is 49.4 Å². The molecule has 0 aliphatic heterocycles. The summed E-state index contributed by atoms with van der Waals surface area (Å²) in [6.45, 7) is 14.1. The van der Waals surface area contributed by atoms with Gasteiger partial charge in [-0.15, -0.1) is 0 Å². The minimum atomic E-state index is -4.95. The highest BCUT2D eigenvalue weighted by Gasteiger charge is 2.30. The summed E-state index contributed by atoms with van der Waals surface area (Å²) in [5.74, 6) is 0.879. The molecule has 0 heterocycles. The quantitative estimate of drug-likeness (QED) is 0.0222. The number of rotatable bonds is 66. The largest absolute Gasteiger partial charge is 0.472 e. The van der Waals surface area contributed by atoms with Gasteiger partial charge >= 0.3 is 39.5 Å². The molecule has 0 aromatic heterocycles. The third kappa shape index (κ3) is 60.3. The second-order valence-corrected chi connectivity index (χ2v) is 29.3. The Balaban J connectivity index is 5.26. The first-order valence-electron chi connectivity index (χ1n) is 35.8. The smallest absolute Gasteiger partial charge is 0.462 e. The van der Waals surface area contributed by atoms with Gasteiger partial charge in [0.15, 0.2) is 12.2 Å². The van der Waals surface area contributed by atoms with E-state index in [9.17, 15) is 43.2 Å². The maximum Gasteiger partial charge on any atom is 0.472 e. The van der Waals surface area contributed by atoms with E-state index in [0.29, 0.717) is 31.6 Å². The second-order valence-electron chi connectivity index (χ2n) is 26.4. The van der Waals surface area contributed by atoms with E-state index in [2.05, 4.69) is 55.4 Å². The number of carbonyl (C=O) groups is 4. The van der Waals surface area contributed by atoms with Crippen molar-refractivity contribution in [2.75, 3.05) is 39.6 Å². The lowest BCUT2D eigenvalue weighted by molar-refractivity contribution is -0.161. The number of esters is 4. The van der Waals surface area contributed by atoms with Crippen LogP contribution in [0.1, 0.15) is 338 Å². The number of phosphoric ester groups is 2. The van der Waals surface area contributed by atoms with Gasteiger partial charge in [-0.2, -0.15) is 0 Å². The molecule has 0 amide bonds. The van der Waals surface area contributed by atoms with Crippen molar-refractivity contribution >= 4 is 39.5 Å². The van der Waals surface area contributed by atoms with Crippen LogP contribution >= 0.6 is 15.6 Å². The Morgan fingerprint density at radius 2 is 0.545 bits per heavy atom. The zero-order chi connectivity index (χ0) is 65.4. The fourth-order valence-corrected chi connectivity index (χ4v) is 11.8. The lowest BCUT2D eigenvalue weighted by atomic mass is 9.99. The lowest BCUT2D eigenvalue weighted by Gasteiger charge is -2.21. The molecule has 0 fully saturated rings. The van der Waals surface area contributed by atoms with E-state index in [0.717, 1.165) is 114 Å². The fraction of sp³-hybridized carbons (Fsp3) is 0.942. The summed E-state index contributed by atoms with van der Waals surface area (Å²) < 4.78 is 68.2. The van der Waals surface area contributed by atoms with E-state index in [1.807, 2.05) is 0 Å². The monoisotopic (exact) mass is 1300 g/mol. The summed E-state index contributed by atoms with van der Waals surface area (Å²) >= 11 is 0. The highest BCUT2D eigenvalue weighted by atomic mass is 31.2. The van der Waals surface area contributed by atoms with Gasteiger partial charge < -0.3 is 33.8 Å². The molecule has 0 saturated carbocycles. The van der Waals surface area contributed by atoms with Gasteiger partial charge in [0.2, 0.25) is 0 Å². The highest BCUT2D eigenvalue weighted by molar-refractivity contribution is 7.47. The molecule has 0 bridgehead atoms. The van der Waals surface area contributed by atoms with Gasteiger partial charge in [-0.25, -0.2) is 9.13 Å². The van der Waals surface area contributed by atoms with Crippen molar-refractivity contribution in [3.05, 3.63) is 0 Å². The van der Waals surface area contributed by atoms with Crippen molar-refractivity contribution in [2.45, 2.75) is 356 Å². The van der Waals surface area contributed by atoms with Crippen LogP contribution in [0, 0.1) is 23.7 Å². The summed E-state index contributed by atoms with van der Waals surface area (Å²) in [4.78, 5) is 72.5. The number of carbonyl (C=O) groups excluding carboxylic acids is 4. The van der Waals surface area contributed by atoms with Crippen molar-refractivity contribution in [3.63, 3.8) is 0 Å². The zero-order valence-corrected chi connectivity index (χ0v) is 59.1. The number of hydrogen-bond donors (Lipinski definition) is 3. The number of unbranched alkanes of at least 4 members (excludes halogenated alkanes) is 30. The SMILES string of the molecule is CCC(C)CCCCCCCCCCCCC(=O)O[C@H](COC(=O)CCCCCCCCC(C)C)COP(=O)(O)OC[C@H](O)COP(=O)(O)OC[C@@H](COC(=O)CCCCCCCCCCC(C)CC)OC(=O)CCCCCCCCCCCCC(C)C. The van der Waals surface area contributed by atoms with Crippen LogP contribution < -0.4 is 0 Å². The molecule has 19 heteroatoms. The predicted molar refractivity (Wildman–Crippen MR) is 354 cm³/mol. The van der Waals surface area contributed by atoms with Crippen LogP contribution in [0.15, 0.2) is 0 Å². The molecule has 0 aromatic carbocycles. The first-order valence-corrected chi connectivity index (χ1v) is 38.8. The van der Waals surface area contributed by atoms with Crippen LogP contribution in [0.4, 0.5) is 0 Å². The molecule has 522 valence electrons. The standard InChI is InChI=1S/C69H134O17P2/c1-9-61(7)47-39-31-22-16-12-14-18-26-36-44-52-69(74)86-65(56-80-67(72)50-42-34-28-27-30-38-46-60(5)6)58-84-88(77,78)82-54-63(70)53-81-87(75,76)83-57-64(55-79-66(71)49-41-33-24-20-19-23-32-40-48-62(8)10-2)85-68(73)51-43-35-25-17-13-11-15-21-29-37-45-59(3)4/h59-65,70H,9-58H2,1-8H3,(H,75,76)(H,77,78)/t61?,62?,63-,64-,65-/m1/s1. The van der Waals surface area contributed by atoms with Gasteiger partial charge in [0.1, 0.15) is 19.3 Å². The molecule has 0 rings (SSSR count). The third-order valence-electron chi connectivity index (χ3n) is 16.5. The number of hydrogen-bond acceptors (Lipinski definition) is 15. The Kier molecular flexibility index (Phi) is 57.6. The van der Waals surface area contributed by atoms with E-state index in [1.54, 1.807) is 0 Å². The van der Waals surface area contributed by atoms with Crippen LogP contribution in [0.3, 0.4) is 0 Å². The van der Waals surface area contributed by atoms with Gasteiger partial charge in [0.05, 0.1) is 26.4 Å². The molecule has 0 saturated heterocycles. The summed E-state index contributed by atoms with van der Waals surface area (Å²) in [7, 11) is -9.90. The van der Waals surface area contributed by atoms with Crippen LogP contribution in [0.2, 0.25) is 0 Å². The van der Waals surface area contributed by atoms with E-state index in [1.165, 1.54) is 135 Å². The molecule has 0 aromatic rings. The summed E-state index contributed by atoms with van der Waals surface area (Å²) in [6.07, 6.45) is 40.3. The molecule has 17 nitrogen and oxygen atoms in total. The summed E-state index contributed by atoms with van der Waals surface area (Å²) in [5.41, 5.74) is 0. The van der Waals surface area contributed by atoms with Gasteiger partial charge in [0.25, 0.3) is 0 Å². The Morgan fingerprint density at radius 3 is 0.807 bits per heavy atom. The third-order valence-corrected chi connectivity index (χ3v) is 18.4. The predicted octanol–water partition coefficient (Wildman–Crippen LogP) is 19.3. The van der Waals surface area contributed by atoms with Crippen LogP contribution in [-0.4, -0.2) is 96.7 Å². The maximum atomic E-state index is 13.0. The fourth-order valence-electron chi connectivity index (χ4n) is 10.2. The van der Waals surface area contributed by atoms with Crippen molar-refractivity contribution in [1.82, 2.24) is 0 Å². The van der Waals surface area contributed by atoms with E-state index < -0.39 is 97.5 Å². The van der Waals surface area contributed by atoms with Crippen molar-refractivity contribution < 1.29 is 80.2 Å². The van der Waals surface area contributed by atoms with Crippen molar-refractivity contribution in [2.24, 2.45) is 23.7 Å². The maximum absolute atomic E-state index is 13.0. The van der Waals surface area contributed by atoms with Gasteiger partial charge in [-0.1, -0.05) is 287 Å². The Morgan fingerprint density at radius 1 is 0.318 bits per heavy atom. The minimum Gasteiger partial charge on any atom is -0.462 e. The molecule has 0 aliphatic carbocycles. The highest BCUT2D eigenvalue weighted by Crippen LogP contribution is 2.45. The summed E-state index contributed by atoms with van der Waals surface area (Å²) in [5, 5.41) is 10.6. The normalized spacial score (nSPS) is 14.9. The van der Waals surface area contributed by atoms with E-state index in [-0.39, 0.29) is 25.7 Å². The van der Waals surface area contributed by atoms with E-state index in [4.69, 9.17) is 37.0 Å². The molecule has 0 radical (unpaired) electrons. The zero-order valence-electron chi connectivity index (χ0n) is 57.3. The molecule has 4 unspecified atom stereocenters. The average Bonchev–Trinajstić information content (AvgIpc) is 3.64. The topological polar surface area (TPSA) is 237 Å².